The molecule has 1 aromatic carbocycles. The van der Waals surface area contributed by atoms with Gasteiger partial charge in [0.1, 0.15) is 5.82 Å². The van der Waals surface area contributed by atoms with Crippen molar-refractivity contribution in [2.75, 3.05) is 5.75 Å². The van der Waals surface area contributed by atoms with Crippen molar-refractivity contribution in [1.29, 1.82) is 0 Å². The molecule has 0 unspecified atom stereocenters. The van der Waals surface area contributed by atoms with Crippen LogP contribution in [0.3, 0.4) is 0 Å². The van der Waals surface area contributed by atoms with Gasteiger partial charge in [0, 0.05) is 18.6 Å². The Balaban J connectivity index is 2.03. The van der Waals surface area contributed by atoms with Gasteiger partial charge in [-0.15, -0.1) is 0 Å². The third-order valence-corrected chi connectivity index (χ3v) is 4.11. The zero-order chi connectivity index (χ0) is 15.5. The molecule has 0 aliphatic carbocycles. The molecular formula is C16H22FNO2S. The lowest BCUT2D eigenvalue weighted by atomic mass is 10.1. The van der Waals surface area contributed by atoms with E-state index < -0.39 is 0 Å². The van der Waals surface area contributed by atoms with Gasteiger partial charge in [-0.1, -0.05) is 36.7 Å². The van der Waals surface area contributed by atoms with E-state index in [1.54, 1.807) is 6.07 Å². The molecule has 3 nitrogen and oxygen atoms in total. The summed E-state index contributed by atoms with van der Waals surface area (Å²) >= 11 is 1.34. The van der Waals surface area contributed by atoms with Crippen molar-refractivity contribution in [3.63, 3.8) is 0 Å². The first-order valence-electron chi connectivity index (χ1n) is 7.26. The van der Waals surface area contributed by atoms with Gasteiger partial charge in [-0.2, -0.15) is 0 Å². The van der Waals surface area contributed by atoms with Gasteiger partial charge in [0.15, 0.2) is 5.12 Å². The van der Waals surface area contributed by atoms with Crippen LogP contribution in [0, 0.1) is 5.82 Å². The summed E-state index contributed by atoms with van der Waals surface area (Å²) in [6.45, 7) is 0. The number of hydrogen-bond donors (Lipinski definition) is 1. The Morgan fingerprint density at radius 1 is 1.10 bits per heavy atom. The minimum absolute atomic E-state index is 0.149. The van der Waals surface area contributed by atoms with Crippen molar-refractivity contribution in [1.82, 2.24) is 0 Å². The Bertz CT molecular complexity index is 465. The van der Waals surface area contributed by atoms with Crippen molar-refractivity contribution in [3.05, 3.63) is 35.6 Å². The highest BCUT2D eigenvalue weighted by molar-refractivity contribution is 8.13. The quantitative estimate of drug-likeness (QED) is 0.673. The van der Waals surface area contributed by atoms with Crippen LogP contribution in [0.4, 0.5) is 4.39 Å². The van der Waals surface area contributed by atoms with Gasteiger partial charge < -0.3 is 5.73 Å². The minimum Gasteiger partial charge on any atom is -0.370 e. The number of hydrogen-bond acceptors (Lipinski definition) is 3. The summed E-state index contributed by atoms with van der Waals surface area (Å²) in [5, 5.41) is 0.149. The molecule has 0 spiro atoms. The van der Waals surface area contributed by atoms with E-state index >= 15 is 0 Å². The molecule has 0 fully saturated rings. The molecule has 0 saturated carbocycles. The highest BCUT2D eigenvalue weighted by Crippen LogP contribution is 2.14. The van der Waals surface area contributed by atoms with E-state index in [2.05, 4.69) is 0 Å². The number of thioether (sulfide) groups is 1. The molecule has 0 bridgehead atoms. The predicted molar refractivity (Wildman–Crippen MR) is 84.5 cm³/mol. The first kappa shape index (κ1) is 17.7. The molecule has 0 atom stereocenters. The van der Waals surface area contributed by atoms with Gasteiger partial charge in [-0.05, 0) is 37.0 Å². The topological polar surface area (TPSA) is 60.2 Å². The average Bonchev–Trinajstić information content (AvgIpc) is 2.44. The van der Waals surface area contributed by atoms with Crippen molar-refractivity contribution in [2.45, 2.75) is 44.9 Å². The molecule has 2 N–H and O–H groups in total. The van der Waals surface area contributed by atoms with Crippen LogP contribution in [0.5, 0.6) is 0 Å². The Labute approximate surface area is 129 Å². The van der Waals surface area contributed by atoms with Crippen molar-refractivity contribution in [3.8, 4) is 0 Å². The third kappa shape index (κ3) is 9.24. The fourth-order valence-electron chi connectivity index (χ4n) is 1.95. The lowest BCUT2D eigenvalue weighted by Crippen LogP contribution is -2.09. The molecule has 0 aliphatic rings. The van der Waals surface area contributed by atoms with Crippen LogP contribution >= 0.6 is 11.8 Å². The molecule has 1 rings (SSSR count). The lowest BCUT2D eigenvalue weighted by Gasteiger charge is -2.02. The Morgan fingerprint density at radius 2 is 1.86 bits per heavy atom. The second kappa shape index (κ2) is 10.4. The number of unbranched alkanes of at least 4 members (excludes halogenated alkanes) is 3. The van der Waals surface area contributed by atoms with E-state index in [1.807, 2.05) is 6.07 Å². The number of halogens is 1. The van der Waals surface area contributed by atoms with Crippen molar-refractivity contribution in [2.24, 2.45) is 5.73 Å². The second-order valence-corrected chi connectivity index (χ2v) is 6.13. The molecular weight excluding hydrogens is 289 g/mol. The highest BCUT2D eigenvalue weighted by atomic mass is 32.2. The number of carbonyl (C=O) groups excluding carboxylic acids is 2. The molecule has 116 valence electrons. The first-order chi connectivity index (χ1) is 10.1. The van der Waals surface area contributed by atoms with Crippen LogP contribution in [-0.2, 0) is 16.0 Å². The number of nitrogens with two attached hydrogens (primary N) is 1. The van der Waals surface area contributed by atoms with Gasteiger partial charge in [-0.25, -0.2) is 4.39 Å². The van der Waals surface area contributed by atoms with Crippen LogP contribution in [0.2, 0.25) is 0 Å². The fourth-order valence-corrected chi connectivity index (χ4v) is 2.77. The zero-order valence-electron chi connectivity index (χ0n) is 12.1. The molecule has 5 heteroatoms. The summed E-state index contributed by atoms with van der Waals surface area (Å²) < 4.78 is 13.0. The van der Waals surface area contributed by atoms with Crippen LogP contribution in [-0.4, -0.2) is 16.8 Å². The maximum absolute atomic E-state index is 13.0. The number of rotatable bonds is 10. The summed E-state index contributed by atoms with van der Waals surface area (Å²) in [7, 11) is 0. The normalized spacial score (nSPS) is 10.5. The van der Waals surface area contributed by atoms with Gasteiger partial charge in [-0.3, -0.25) is 9.59 Å². The summed E-state index contributed by atoms with van der Waals surface area (Å²) in [6.07, 6.45) is 5.25. The van der Waals surface area contributed by atoms with Crippen LogP contribution in [0.15, 0.2) is 24.3 Å². The minimum atomic E-state index is -0.261. The molecule has 21 heavy (non-hydrogen) atoms. The van der Waals surface area contributed by atoms with Crippen molar-refractivity contribution >= 4 is 22.8 Å². The summed E-state index contributed by atoms with van der Waals surface area (Å²) in [4.78, 5) is 22.2. The van der Waals surface area contributed by atoms with E-state index in [0.29, 0.717) is 19.3 Å². The maximum Gasteiger partial charge on any atom is 0.217 e. The summed E-state index contributed by atoms with van der Waals surface area (Å²) in [6, 6.07) is 6.36. The van der Waals surface area contributed by atoms with E-state index in [4.69, 9.17) is 5.73 Å². The van der Waals surface area contributed by atoms with E-state index in [1.165, 1.54) is 23.9 Å². The first-order valence-corrected chi connectivity index (χ1v) is 8.25. The van der Waals surface area contributed by atoms with Crippen LogP contribution in [0.25, 0.3) is 0 Å². The average molecular weight is 311 g/mol. The zero-order valence-corrected chi connectivity index (χ0v) is 13.0. The molecule has 1 aromatic rings. The monoisotopic (exact) mass is 311 g/mol. The maximum atomic E-state index is 13.0. The Morgan fingerprint density at radius 3 is 2.57 bits per heavy atom. The van der Waals surface area contributed by atoms with Crippen LogP contribution in [0.1, 0.15) is 44.1 Å². The van der Waals surface area contributed by atoms with Crippen LogP contribution < -0.4 is 5.73 Å². The number of aryl methyl sites for hydroxylation is 1. The molecule has 0 aliphatic heterocycles. The Kier molecular flexibility index (Phi) is 8.74. The SMILES string of the molecule is NC(=O)CCCCCCSC(=O)CCc1cccc(F)c1. The van der Waals surface area contributed by atoms with E-state index in [0.717, 1.165) is 37.0 Å². The predicted octanol–water partition coefficient (Wildman–Crippen LogP) is 3.45. The van der Waals surface area contributed by atoms with E-state index in [9.17, 15) is 14.0 Å². The number of amides is 1. The second-order valence-electron chi connectivity index (χ2n) is 4.98. The van der Waals surface area contributed by atoms with Gasteiger partial charge in [0.05, 0.1) is 0 Å². The molecule has 1 amide bonds. The van der Waals surface area contributed by atoms with E-state index in [-0.39, 0.29) is 16.8 Å². The largest absolute Gasteiger partial charge is 0.370 e. The van der Waals surface area contributed by atoms with Gasteiger partial charge >= 0.3 is 0 Å². The molecule has 0 saturated heterocycles. The standard InChI is InChI=1S/C16H22FNO2S/c17-14-7-5-6-13(12-14)9-10-16(20)21-11-4-2-1-3-8-15(18)19/h5-7,12H,1-4,8-11H2,(H2,18,19). The van der Waals surface area contributed by atoms with Gasteiger partial charge in [0.25, 0.3) is 0 Å². The number of benzene rings is 1. The summed E-state index contributed by atoms with van der Waals surface area (Å²) in [5.74, 6) is 0.291. The number of primary amides is 1. The smallest absolute Gasteiger partial charge is 0.217 e. The molecule has 0 heterocycles. The van der Waals surface area contributed by atoms with Crippen molar-refractivity contribution < 1.29 is 14.0 Å². The molecule has 0 radical (unpaired) electrons. The molecule has 0 aromatic heterocycles. The fraction of sp³-hybridized carbons (Fsp3) is 0.500. The lowest BCUT2D eigenvalue weighted by molar-refractivity contribution is -0.118. The number of carbonyl (C=O) groups is 2. The Hall–Kier alpha value is -1.36. The summed E-state index contributed by atoms with van der Waals surface area (Å²) in [5.41, 5.74) is 5.91. The highest BCUT2D eigenvalue weighted by Gasteiger charge is 2.04. The van der Waals surface area contributed by atoms with Gasteiger partial charge in [0.2, 0.25) is 5.91 Å². The third-order valence-electron chi connectivity index (χ3n) is 3.09.